The number of nitrogens with zero attached hydrogens (tertiary/aromatic N) is 1. The van der Waals surface area contributed by atoms with Gasteiger partial charge in [0.1, 0.15) is 27.7 Å². The van der Waals surface area contributed by atoms with Crippen LogP contribution in [0.25, 0.3) is 11.1 Å². The Morgan fingerprint density at radius 2 is 1.82 bits per heavy atom. The molecule has 150 valence electrons. The largest absolute Gasteiger partial charge is 0.591 e. The quantitative estimate of drug-likeness (QED) is 0.361. The van der Waals surface area contributed by atoms with Crippen molar-refractivity contribution in [3.05, 3.63) is 58.7 Å². The Balaban J connectivity index is 2.73. The molecule has 2 aromatic carbocycles. The lowest BCUT2D eigenvalue weighted by Crippen LogP contribution is -2.26. The van der Waals surface area contributed by atoms with Gasteiger partial charge in [-0.05, 0) is 70.6 Å². The highest BCUT2D eigenvalue weighted by molar-refractivity contribution is 7.91. The number of benzene rings is 2. The Morgan fingerprint density at radius 3 is 2.43 bits per heavy atom. The molecular weight excluding hydrogens is 400 g/mol. The van der Waals surface area contributed by atoms with E-state index < -0.39 is 27.7 Å². The molecule has 0 heterocycles. The van der Waals surface area contributed by atoms with Gasteiger partial charge in [0, 0.05) is 22.3 Å². The number of aryl methyl sites for hydroxylation is 1. The van der Waals surface area contributed by atoms with Gasteiger partial charge in [0.2, 0.25) is 0 Å². The molecular formula is C21H23F2NO2S2. The van der Waals surface area contributed by atoms with Gasteiger partial charge in [-0.3, -0.25) is 0 Å². The van der Waals surface area contributed by atoms with E-state index in [1.807, 2.05) is 0 Å². The number of rotatable bonds is 5. The van der Waals surface area contributed by atoms with Crippen LogP contribution in [-0.2, 0) is 16.1 Å². The predicted molar refractivity (Wildman–Crippen MR) is 115 cm³/mol. The number of thiocarbonyl (C=S) groups is 1. The molecule has 0 bridgehead atoms. The van der Waals surface area contributed by atoms with E-state index in [0.717, 1.165) is 18.3 Å². The molecule has 1 atom stereocenters. The molecule has 0 saturated heterocycles. The van der Waals surface area contributed by atoms with E-state index >= 15 is 0 Å². The second kappa shape index (κ2) is 9.11. The lowest BCUT2D eigenvalue weighted by Gasteiger charge is -2.19. The van der Waals surface area contributed by atoms with Crippen molar-refractivity contribution in [1.29, 1.82) is 0 Å². The number of halogens is 2. The molecule has 0 aliphatic carbocycles. The molecule has 0 aliphatic rings. The van der Waals surface area contributed by atoms with E-state index in [2.05, 4.69) is 4.40 Å². The number of hydrogen-bond acceptors (Lipinski definition) is 4. The fourth-order valence-electron chi connectivity index (χ4n) is 2.59. The molecule has 0 aliphatic heterocycles. The van der Waals surface area contributed by atoms with Gasteiger partial charge < -0.3 is 9.29 Å². The van der Waals surface area contributed by atoms with E-state index in [9.17, 15) is 13.3 Å². The van der Waals surface area contributed by atoms with Crippen LogP contribution in [0, 0.1) is 18.6 Å². The summed E-state index contributed by atoms with van der Waals surface area (Å²) in [6.45, 7) is 9.20. The molecule has 0 saturated carbocycles. The molecule has 0 aromatic heterocycles. The Morgan fingerprint density at radius 1 is 1.18 bits per heavy atom. The number of hydrogen-bond donors (Lipinski definition) is 0. The molecule has 0 fully saturated rings. The van der Waals surface area contributed by atoms with Crippen molar-refractivity contribution in [3.8, 4) is 11.1 Å². The summed E-state index contributed by atoms with van der Waals surface area (Å²) in [5.41, 5.74) is 1.57. The maximum Gasteiger partial charge on any atom is 0.191 e. The van der Waals surface area contributed by atoms with Gasteiger partial charge >= 0.3 is 0 Å². The maximum atomic E-state index is 14.9. The normalized spacial score (nSPS) is 13.0. The second-order valence-corrected chi connectivity index (χ2v) is 9.44. The molecule has 2 aromatic rings. The minimum atomic E-state index is -1.61. The molecule has 28 heavy (non-hydrogen) atoms. The molecule has 2 rings (SSSR count). The molecule has 7 heteroatoms. The van der Waals surface area contributed by atoms with Crippen LogP contribution in [0.2, 0.25) is 0 Å². The molecule has 1 unspecified atom stereocenters. The van der Waals surface area contributed by atoms with E-state index in [1.54, 1.807) is 52.8 Å². The Kier molecular flexibility index (Phi) is 7.31. The Bertz CT molecular complexity index is 908. The predicted octanol–water partition coefficient (Wildman–Crippen LogP) is 5.53. The fourth-order valence-corrected chi connectivity index (χ4v) is 3.39. The van der Waals surface area contributed by atoms with Crippen LogP contribution >= 0.6 is 12.2 Å². The smallest absolute Gasteiger partial charge is 0.191 e. The molecule has 3 nitrogen and oxygen atoms in total. The monoisotopic (exact) mass is 423 g/mol. The molecule has 0 spiro atoms. The van der Waals surface area contributed by atoms with Crippen molar-refractivity contribution in [3.63, 3.8) is 0 Å². The van der Waals surface area contributed by atoms with Crippen LogP contribution in [0.15, 0.2) is 34.7 Å². The summed E-state index contributed by atoms with van der Waals surface area (Å²) in [4.78, 5) is 0. The molecule has 0 amide bonds. The third kappa shape index (κ3) is 4.96. The second-order valence-electron chi connectivity index (χ2n) is 7.13. The summed E-state index contributed by atoms with van der Waals surface area (Å²) in [7, 11) is 0. The van der Waals surface area contributed by atoms with Gasteiger partial charge in [-0.1, -0.05) is 16.5 Å². The molecule has 0 N–H and O–H groups in total. The van der Waals surface area contributed by atoms with Gasteiger partial charge in [-0.15, -0.1) is 0 Å². The third-order valence-electron chi connectivity index (χ3n) is 3.96. The van der Waals surface area contributed by atoms with Crippen molar-refractivity contribution in [2.75, 3.05) is 6.61 Å². The maximum absolute atomic E-state index is 14.9. The zero-order valence-corrected chi connectivity index (χ0v) is 18.1. The highest BCUT2D eigenvalue weighted by atomic mass is 32.2. The SMILES string of the molecule is CCOC(=S)c1cccc(C)c1-c1c(F)ccc(F)c1C=N[S+]([O-])C(C)(C)C. The number of ether oxygens (including phenoxy) is 1. The first-order chi connectivity index (χ1) is 13.1. The van der Waals surface area contributed by atoms with Gasteiger partial charge in [0.05, 0.1) is 12.8 Å². The van der Waals surface area contributed by atoms with E-state index in [1.165, 1.54) is 0 Å². The fraction of sp³-hybridized carbons (Fsp3) is 0.333. The highest BCUT2D eigenvalue weighted by Gasteiger charge is 2.27. The van der Waals surface area contributed by atoms with E-state index in [-0.39, 0.29) is 16.2 Å². The summed E-state index contributed by atoms with van der Waals surface area (Å²) in [5.74, 6) is -1.29. The van der Waals surface area contributed by atoms with Crippen LogP contribution in [0.5, 0.6) is 0 Å². The Hall–Kier alpha value is -1.83. The zero-order chi connectivity index (χ0) is 21.1. The van der Waals surface area contributed by atoms with Crippen LogP contribution in [0.3, 0.4) is 0 Å². The van der Waals surface area contributed by atoms with Crippen LogP contribution in [-0.4, -0.2) is 27.2 Å². The van der Waals surface area contributed by atoms with Crippen molar-refractivity contribution in [2.24, 2.45) is 4.40 Å². The minimum Gasteiger partial charge on any atom is -0.591 e. The average molecular weight is 424 g/mol. The standard InChI is InChI=1S/C21H23F2NO2S2/c1-6-26-20(27)14-9-7-8-13(2)18(14)19-15(16(22)10-11-17(19)23)12-24-28(25)21(3,4)5/h7-12H,6H2,1-5H3. The van der Waals surface area contributed by atoms with Gasteiger partial charge in [-0.25, -0.2) is 8.78 Å². The lowest BCUT2D eigenvalue weighted by molar-refractivity contribution is 0.337. The first-order valence-corrected chi connectivity index (χ1v) is 10.3. The van der Waals surface area contributed by atoms with Gasteiger partial charge in [0.25, 0.3) is 0 Å². The summed E-state index contributed by atoms with van der Waals surface area (Å²) < 4.78 is 50.6. The minimum absolute atomic E-state index is 0.0183. The van der Waals surface area contributed by atoms with Gasteiger partial charge in [-0.2, -0.15) is 0 Å². The Labute approximate surface area is 173 Å². The summed E-state index contributed by atoms with van der Waals surface area (Å²) in [6, 6.07) is 7.35. The van der Waals surface area contributed by atoms with Gasteiger partial charge in [0.15, 0.2) is 5.05 Å². The van der Waals surface area contributed by atoms with Crippen LogP contribution in [0.4, 0.5) is 8.78 Å². The zero-order valence-electron chi connectivity index (χ0n) is 16.5. The van der Waals surface area contributed by atoms with Crippen LogP contribution in [0.1, 0.15) is 44.4 Å². The van der Waals surface area contributed by atoms with Crippen molar-refractivity contribution >= 4 is 34.8 Å². The van der Waals surface area contributed by atoms with E-state index in [4.69, 9.17) is 17.0 Å². The summed E-state index contributed by atoms with van der Waals surface area (Å²) in [6.07, 6.45) is 1.13. The first-order valence-electron chi connectivity index (χ1n) is 8.79. The van der Waals surface area contributed by atoms with Crippen molar-refractivity contribution in [1.82, 2.24) is 0 Å². The third-order valence-corrected chi connectivity index (χ3v) is 5.64. The molecule has 0 radical (unpaired) electrons. The average Bonchev–Trinajstić information content (AvgIpc) is 2.61. The lowest BCUT2D eigenvalue weighted by atomic mass is 9.91. The van der Waals surface area contributed by atoms with E-state index in [0.29, 0.717) is 23.3 Å². The van der Waals surface area contributed by atoms with Crippen molar-refractivity contribution in [2.45, 2.75) is 39.4 Å². The summed E-state index contributed by atoms with van der Waals surface area (Å²) >= 11 is 3.71. The topological polar surface area (TPSA) is 44.6 Å². The van der Waals surface area contributed by atoms with Crippen molar-refractivity contribution < 1.29 is 18.1 Å². The van der Waals surface area contributed by atoms with Crippen LogP contribution < -0.4 is 0 Å². The summed E-state index contributed by atoms with van der Waals surface area (Å²) in [5, 5.41) is 0.200. The first kappa shape index (κ1) is 22.5. The highest BCUT2D eigenvalue weighted by Crippen LogP contribution is 2.34.